The summed E-state index contributed by atoms with van der Waals surface area (Å²) >= 11 is 6.18. The number of sulfonamides is 1. The molecule has 1 aliphatic heterocycles. The monoisotopic (exact) mass is 482 g/mol. The zero-order valence-corrected chi connectivity index (χ0v) is 18.2. The average Bonchev–Trinajstić information content (AvgIpc) is 2.79. The van der Waals surface area contributed by atoms with E-state index in [-0.39, 0.29) is 26.2 Å². The van der Waals surface area contributed by atoms with E-state index in [0.29, 0.717) is 16.5 Å². The minimum Gasteiger partial charge on any atom is -0.352 e. The molecule has 0 bridgehead atoms. The van der Waals surface area contributed by atoms with Crippen LogP contribution in [0.5, 0.6) is 0 Å². The van der Waals surface area contributed by atoms with Crippen LogP contribution in [-0.2, 0) is 16.2 Å². The van der Waals surface area contributed by atoms with Crippen molar-refractivity contribution in [3.63, 3.8) is 0 Å². The number of nitrogens with zero attached hydrogens (tertiary/aromatic N) is 4. The smallest absolute Gasteiger partial charge is 0.352 e. The van der Waals surface area contributed by atoms with Crippen molar-refractivity contribution in [2.24, 2.45) is 0 Å². The third-order valence-electron chi connectivity index (χ3n) is 5.17. The molecule has 3 aromatic rings. The molecule has 4 rings (SSSR count). The lowest BCUT2D eigenvalue weighted by Crippen LogP contribution is -2.49. The van der Waals surface area contributed by atoms with Crippen LogP contribution in [0, 0.1) is 0 Å². The van der Waals surface area contributed by atoms with Crippen LogP contribution in [0.25, 0.3) is 11.3 Å². The minimum absolute atomic E-state index is 0.0302. The molecule has 1 aromatic heterocycles. The van der Waals surface area contributed by atoms with E-state index in [9.17, 15) is 21.6 Å². The van der Waals surface area contributed by atoms with E-state index in [2.05, 4.69) is 10.2 Å². The SMILES string of the molecule is O=S(=O)(c1ccccc1C(F)(F)F)N1CCN(c2ccc(-c3ccccc3Cl)nn2)CC1. The Morgan fingerprint density at radius 2 is 1.50 bits per heavy atom. The Bertz CT molecular complexity index is 1210. The number of hydrogen-bond acceptors (Lipinski definition) is 5. The zero-order chi connectivity index (χ0) is 22.9. The van der Waals surface area contributed by atoms with Gasteiger partial charge >= 0.3 is 6.18 Å². The normalized spacial score (nSPS) is 15.7. The maximum Gasteiger partial charge on any atom is 0.417 e. The second kappa shape index (κ2) is 8.68. The van der Waals surface area contributed by atoms with E-state index < -0.39 is 26.7 Å². The van der Waals surface area contributed by atoms with Gasteiger partial charge in [0, 0.05) is 31.7 Å². The van der Waals surface area contributed by atoms with Gasteiger partial charge in [0.1, 0.15) is 0 Å². The molecule has 0 unspecified atom stereocenters. The second-order valence-electron chi connectivity index (χ2n) is 7.14. The highest BCUT2D eigenvalue weighted by Crippen LogP contribution is 2.35. The Kier molecular flexibility index (Phi) is 6.11. The summed E-state index contributed by atoms with van der Waals surface area (Å²) in [5.41, 5.74) is 0.181. The molecule has 0 saturated carbocycles. The standard InChI is InChI=1S/C21H18ClF3N4O2S/c22-17-7-3-1-5-15(17)18-9-10-20(27-26-18)28-11-13-29(14-12-28)32(30,31)19-8-4-2-6-16(19)21(23,24)25/h1-10H,11-14H2. The van der Waals surface area contributed by atoms with Crippen LogP contribution in [0.15, 0.2) is 65.6 Å². The highest BCUT2D eigenvalue weighted by Gasteiger charge is 2.39. The number of hydrogen-bond donors (Lipinski definition) is 0. The first kappa shape index (κ1) is 22.5. The van der Waals surface area contributed by atoms with Crippen molar-refractivity contribution in [2.45, 2.75) is 11.1 Å². The lowest BCUT2D eigenvalue weighted by Gasteiger charge is -2.34. The number of piperazine rings is 1. The fraction of sp³-hybridized carbons (Fsp3) is 0.238. The first-order valence-electron chi connectivity index (χ1n) is 9.68. The van der Waals surface area contributed by atoms with Crippen molar-refractivity contribution in [1.29, 1.82) is 0 Å². The van der Waals surface area contributed by atoms with Crippen molar-refractivity contribution >= 4 is 27.4 Å². The number of aromatic nitrogens is 2. The van der Waals surface area contributed by atoms with Gasteiger partial charge in [0.25, 0.3) is 0 Å². The van der Waals surface area contributed by atoms with Crippen molar-refractivity contribution in [2.75, 3.05) is 31.1 Å². The lowest BCUT2D eigenvalue weighted by molar-refractivity contribution is -0.139. The van der Waals surface area contributed by atoms with E-state index in [4.69, 9.17) is 11.6 Å². The van der Waals surface area contributed by atoms with Gasteiger partial charge in [-0.3, -0.25) is 0 Å². The van der Waals surface area contributed by atoms with Gasteiger partial charge in [-0.1, -0.05) is 41.9 Å². The van der Waals surface area contributed by atoms with Crippen molar-refractivity contribution in [3.05, 3.63) is 71.2 Å². The van der Waals surface area contributed by atoms with Gasteiger partial charge in [0.2, 0.25) is 10.0 Å². The van der Waals surface area contributed by atoms with E-state index in [0.717, 1.165) is 22.0 Å². The van der Waals surface area contributed by atoms with Crippen LogP contribution in [-0.4, -0.2) is 49.1 Å². The first-order valence-corrected chi connectivity index (χ1v) is 11.5. The molecule has 32 heavy (non-hydrogen) atoms. The van der Waals surface area contributed by atoms with Crippen LogP contribution < -0.4 is 4.90 Å². The third-order valence-corrected chi connectivity index (χ3v) is 7.46. The third kappa shape index (κ3) is 4.43. The number of anilines is 1. The van der Waals surface area contributed by atoms with Crippen molar-refractivity contribution < 1.29 is 21.6 Å². The molecule has 0 amide bonds. The average molecular weight is 483 g/mol. The molecule has 6 nitrogen and oxygen atoms in total. The second-order valence-corrected chi connectivity index (χ2v) is 9.46. The molecular weight excluding hydrogens is 465 g/mol. The molecule has 0 spiro atoms. The van der Waals surface area contributed by atoms with Crippen molar-refractivity contribution in [1.82, 2.24) is 14.5 Å². The molecule has 1 aliphatic rings. The van der Waals surface area contributed by atoms with Crippen LogP contribution in [0.3, 0.4) is 0 Å². The summed E-state index contributed by atoms with van der Waals surface area (Å²) in [5, 5.41) is 8.97. The summed E-state index contributed by atoms with van der Waals surface area (Å²) in [5.74, 6) is 0.550. The topological polar surface area (TPSA) is 66.4 Å². The molecule has 0 N–H and O–H groups in total. The Morgan fingerprint density at radius 3 is 2.12 bits per heavy atom. The predicted octanol–water partition coefficient (Wildman–Crippen LogP) is 4.33. The minimum atomic E-state index is -4.76. The fourth-order valence-corrected chi connectivity index (χ4v) is 5.40. The van der Waals surface area contributed by atoms with Crippen molar-refractivity contribution in [3.8, 4) is 11.3 Å². The summed E-state index contributed by atoms with van der Waals surface area (Å²) in [7, 11) is -4.29. The molecule has 0 aliphatic carbocycles. The van der Waals surface area contributed by atoms with Crippen LogP contribution in [0.1, 0.15) is 5.56 Å². The summed E-state index contributed by atoms with van der Waals surface area (Å²) in [6.07, 6.45) is -4.76. The molecule has 2 heterocycles. The van der Waals surface area contributed by atoms with Crippen LogP contribution in [0.4, 0.5) is 19.0 Å². The number of rotatable bonds is 4. The molecule has 2 aromatic carbocycles. The molecule has 0 radical (unpaired) electrons. The Labute approximate surface area is 188 Å². The zero-order valence-electron chi connectivity index (χ0n) is 16.6. The quantitative estimate of drug-likeness (QED) is 0.554. The van der Waals surface area contributed by atoms with E-state index in [1.165, 1.54) is 12.1 Å². The molecule has 11 heteroatoms. The molecule has 1 saturated heterocycles. The molecule has 168 valence electrons. The summed E-state index contributed by atoms with van der Waals surface area (Å²) < 4.78 is 66.8. The van der Waals surface area contributed by atoms with E-state index >= 15 is 0 Å². The van der Waals surface area contributed by atoms with E-state index in [1.54, 1.807) is 18.2 Å². The Morgan fingerprint density at radius 1 is 0.844 bits per heavy atom. The highest BCUT2D eigenvalue weighted by molar-refractivity contribution is 7.89. The number of alkyl halides is 3. The van der Waals surface area contributed by atoms with Gasteiger partial charge in [-0.05, 0) is 30.3 Å². The molecular formula is C21H18ClF3N4O2S. The maximum atomic E-state index is 13.3. The number of benzene rings is 2. The van der Waals surface area contributed by atoms with Crippen LogP contribution in [0.2, 0.25) is 5.02 Å². The maximum absolute atomic E-state index is 13.3. The van der Waals surface area contributed by atoms with Gasteiger partial charge in [-0.25, -0.2) is 8.42 Å². The number of halogens is 4. The summed E-state index contributed by atoms with van der Waals surface area (Å²) in [6, 6.07) is 15.0. The van der Waals surface area contributed by atoms with Gasteiger partial charge in [-0.2, -0.15) is 17.5 Å². The first-order chi connectivity index (χ1) is 15.2. The lowest BCUT2D eigenvalue weighted by atomic mass is 10.1. The fourth-order valence-electron chi connectivity index (χ4n) is 3.53. The largest absolute Gasteiger partial charge is 0.417 e. The van der Waals surface area contributed by atoms with E-state index in [1.807, 2.05) is 23.1 Å². The van der Waals surface area contributed by atoms with Gasteiger partial charge in [0.05, 0.1) is 21.2 Å². The molecule has 0 atom stereocenters. The van der Waals surface area contributed by atoms with Crippen LogP contribution >= 0.6 is 11.6 Å². The summed E-state index contributed by atoms with van der Waals surface area (Å²) in [4.78, 5) is 1.11. The molecule has 1 fully saturated rings. The van der Waals surface area contributed by atoms with Gasteiger partial charge < -0.3 is 4.90 Å². The van der Waals surface area contributed by atoms with Gasteiger partial charge in [0.15, 0.2) is 5.82 Å². The summed E-state index contributed by atoms with van der Waals surface area (Å²) in [6.45, 7) is 0.603. The highest BCUT2D eigenvalue weighted by atomic mass is 35.5. The van der Waals surface area contributed by atoms with Gasteiger partial charge in [-0.15, -0.1) is 10.2 Å². The predicted molar refractivity (Wildman–Crippen MR) is 115 cm³/mol. The Hall–Kier alpha value is -2.69. The Balaban J connectivity index is 1.49.